The van der Waals surface area contributed by atoms with Crippen LogP contribution in [0.5, 0.6) is 11.6 Å². The van der Waals surface area contributed by atoms with Crippen molar-refractivity contribution < 1.29 is 13.9 Å². The standard InChI is InChI=1S/C27H26FN5O2/c1-19-16-25(35-24-12-5-4-10-22(24)28)31-26(30-19)23-11-6-7-14-33(23)27(34)21-9-3-2-8-20(21)17-32-15-13-29-18-32/h2-5,8-10,12-13,15-16,18,23H,6-7,11,14,17H2,1H3/t23-/m1/s1. The minimum atomic E-state index is -0.464. The molecule has 7 nitrogen and oxygen atoms in total. The predicted octanol–water partition coefficient (Wildman–Crippen LogP) is 5.33. The molecule has 0 bridgehead atoms. The van der Waals surface area contributed by atoms with E-state index < -0.39 is 5.82 Å². The Bertz CT molecular complexity index is 1320. The smallest absolute Gasteiger partial charge is 0.254 e. The number of carbonyl (C=O) groups excluding carboxylic acids is 1. The number of para-hydroxylation sites is 1. The number of nitrogens with zero attached hydrogens (tertiary/aromatic N) is 5. The summed E-state index contributed by atoms with van der Waals surface area (Å²) >= 11 is 0. The third-order valence-corrected chi connectivity index (χ3v) is 6.12. The molecule has 8 heteroatoms. The maximum Gasteiger partial charge on any atom is 0.254 e. The molecule has 0 saturated carbocycles. The largest absolute Gasteiger partial charge is 0.436 e. The second-order valence-corrected chi connectivity index (χ2v) is 8.64. The molecule has 1 aliphatic rings. The number of hydrogen-bond acceptors (Lipinski definition) is 5. The number of amides is 1. The third kappa shape index (κ3) is 5.06. The number of carbonyl (C=O) groups is 1. The van der Waals surface area contributed by atoms with Crippen molar-refractivity contribution in [2.45, 2.75) is 38.8 Å². The molecule has 35 heavy (non-hydrogen) atoms. The molecule has 1 atom stereocenters. The highest BCUT2D eigenvalue weighted by Crippen LogP contribution is 2.33. The number of hydrogen-bond donors (Lipinski definition) is 0. The number of imidazole rings is 1. The molecule has 0 N–H and O–H groups in total. The van der Waals surface area contributed by atoms with Crippen LogP contribution in [0.15, 0.2) is 73.3 Å². The van der Waals surface area contributed by atoms with Gasteiger partial charge in [0.1, 0.15) is 0 Å². The fourth-order valence-corrected chi connectivity index (χ4v) is 4.44. The van der Waals surface area contributed by atoms with Gasteiger partial charge in [-0.25, -0.2) is 14.4 Å². The van der Waals surface area contributed by atoms with E-state index >= 15 is 0 Å². The van der Waals surface area contributed by atoms with Crippen LogP contribution in [0.25, 0.3) is 0 Å². The van der Waals surface area contributed by atoms with Gasteiger partial charge in [0, 0.05) is 42.8 Å². The van der Waals surface area contributed by atoms with Gasteiger partial charge in [-0.15, -0.1) is 0 Å². The van der Waals surface area contributed by atoms with Crippen molar-refractivity contribution in [2.75, 3.05) is 6.54 Å². The van der Waals surface area contributed by atoms with Crippen LogP contribution in [0.2, 0.25) is 0 Å². The summed E-state index contributed by atoms with van der Waals surface area (Å²) in [6.07, 6.45) is 7.96. The van der Waals surface area contributed by atoms with Gasteiger partial charge in [-0.1, -0.05) is 30.3 Å². The quantitative estimate of drug-likeness (QED) is 0.380. The van der Waals surface area contributed by atoms with Crippen LogP contribution in [0, 0.1) is 12.7 Å². The molecule has 1 fully saturated rings. The number of rotatable bonds is 6. The molecule has 2 aromatic carbocycles. The summed E-state index contributed by atoms with van der Waals surface area (Å²) < 4.78 is 21.8. The van der Waals surface area contributed by atoms with Crippen LogP contribution in [0.4, 0.5) is 4.39 Å². The number of benzene rings is 2. The van der Waals surface area contributed by atoms with Crippen LogP contribution in [-0.4, -0.2) is 36.9 Å². The molecule has 0 radical (unpaired) electrons. The predicted molar refractivity (Wildman–Crippen MR) is 129 cm³/mol. The fraction of sp³-hybridized carbons (Fsp3) is 0.259. The minimum Gasteiger partial charge on any atom is -0.436 e. The Balaban J connectivity index is 1.44. The third-order valence-electron chi connectivity index (χ3n) is 6.12. The lowest BCUT2D eigenvalue weighted by molar-refractivity contribution is 0.0597. The summed E-state index contributed by atoms with van der Waals surface area (Å²) in [6.45, 7) is 3.01. The molecular weight excluding hydrogens is 445 g/mol. The Labute approximate surface area is 203 Å². The number of ether oxygens (including phenoxy) is 1. The molecule has 0 aliphatic carbocycles. The number of aromatic nitrogens is 4. The molecule has 5 rings (SSSR count). The minimum absolute atomic E-state index is 0.0490. The molecule has 0 spiro atoms. The Kier molecular flexibility index (Phi) is 6.52. The van der Waals surface area contributed by atoms with Crippen LogP contribution in [0.1, 0.15) is 52.7 Å². The van der Waals surface area contributed by atoms with Crippen LogP contribution in [0.3, 0.4) is 0 Å². The summed E-state index contributed by atoms with van der Waals surface area (Å²) in [7, 11) is 0. The summed E-state index contributed by atoms with van der Waals surface area (Å²) in [5.74, 6) is 0.357. The second kappa shape index (κ2) is 10.0. The van der Waals surface area contributed by atoms with E-state index in [1.54, 1.807) is 36.8 Å². The highest BCUT2D eigenvalue weighted by molar-refractivity contribution is 5.96. The number of likely N-dealkylation sites (tertiary alicyclic amines) is 1. The van der Waals surface area contributed by atoms with Crippen molar-refractivity contribution in [1.29, 1.82) is 0 Å². The van der Waals surface area contributed by atoms with Crippen molar-refractivity contribution in [2.24, 2.45) is 0 Å². The molecule has 178 valence electrons. The van der Waals surface area contributed by atoms with E-state index in [4.69, 9.17) is 4.74 Å². The van der Waals surface area contributed by atoms with Gasteiger partial charge >= 0.3 is 0 Å². The highest BCUT2D eigenvalue weighted by atomic mass is 19.1. The highest BCUT2D eigenvalue weighted by Gasteiger charge is 2.32. The van der Waals surface area contributed by atoms with E-state index in [9.17, 15) is 9.18 Å². The average Bonchev–Trinajstić information content (AvgIpc) is 3.38. The van der Waals surface area contributed by atoms with Gasteiger partial charge in [-0.05, 0) is 49.9 Å². The number of aryl methyl sites for hydroxylation is 1. The van der Waals surface area contributed by atoms with Gasteiger partial charge in [0.15, 0.2) is 17.4 Å². The Morgan fingerprint density at radius 2 is 1.94 bits per heavy atom. The first-order valence-electron chi connectivity index (χ1n) is 11.7. The van der Waals surface area contributed by atoms with Gasteiger partial charge in [0.05, 0.1) is 12.4 Å². The average molecular weight is 472 g/mol. The lowest BCUT2D eigenvalue weighted by Crippen LogP contribution is -2.39. The molecule has 1 saturated heterocycles. The van der Waals surface area contributed by atoms with Crippen molar-refractivity contribution in [3.8, 4) is 11.6 Å². The molecule has 1 aliphatic heterocycles. The van der Waals surface area contributed by atoms with Gasteiger partial charge in [-0.2, -0.15) is 4.98 Å². The van der Waals surface area contributed by atoms with Crippen LogP contribution < -0.4 is 4.74 Å². The molecule has 4 aromatic rings. The van der Waals surface area contributed by atoms with E-state index in [0.717, 1.165) is 24.8 Å². The SMILES string of the molecule is Cc1cc(Oc2ccccc2F)nc([C@H]2CCCCN2C(=O)c2ccccc2Cn2ccnc2)n1. The Morgan fingerprint density at radius 1 is 1.11 bits per heavy atom. The number of piperidine rings is 1. The normalized spacial score (nSPS) is 15.7. The zero-order valence-corrected chi connectivity index (χ0v) is 19.5. The summed E-state index contributed by atoms with van der Waals surface area (Å²) in [5.41, 5.74) is 2.27. The molecule has 0 unspecified atom stereocenters. The lowest BCUT2D eigenvalue weighted by atomic mass is 9.98. The molecule has 3 heterocycles. The first-order valence-corrected chi connectivity index (χ1v) is 11.7. The first kappa shape index (κ1) is 22.7. The lowest BCUT2D eigenvalue weighted by Gasteiger charge is -2.35. The molecule has 2 aromatic heterocycles. The monoisotopic (exact) mass is 471 g/mol. The van der Waals surface area contributed by atoms with Crippen LogP contribution >= 0.6 is 0 Å². The van der Waals surface area contributed by atoms with Crippen molar-refractivity contribution in [1.82, 2.24) is 24.4 Å². The van der Waals surface area contributed by atoms with Gasteiger partial charge in [0.2, 0.25) is 5.88 Å². The van der Waals surface area contributed by atoms with Gasteiger partial charge in [0.25, 0.3) is 5.91 Å². The maximum atomic E-state index is 14.1. The summed E-state index contributed by atoms with van der Waals surface area (Å²) in [5, 5.41) is 0. The topological polar surface area (TPSA) is 73.1 Å². The fourth-order valence-electron chi connectivity index (χ4n) is 4.44. The van der Waals surface area contributed by atoms with E-state index in [0.29, 0.717) is 30.2 Å². The van der Waals surface area contributed by atoms with Gasteiger partial charge < -0.3 is 14.2 Å². The summed E-state index contributed by atoms with van der Waals surface area (Å²) in [4.78, 5) is 29.0. The Morgan fingerprint density at radius 3 is 2.77 bits per heavy atom. The van der Waals surface area contributed by atoms with E-state index in [1.165, 1.54) is 6.07 Å². The number of halogens is 1. The first-order chi connectivity index (χ1) is 17.1. The van der Waals surface area contributed by atoms with Crippen molar-refractivity contribution in [3.63, 3.8) is 0 Å². The Hall–Kier alpha value is -4.07. The van der Waals surface area contributed by atoms with E-state index in [-0.39, 0.29) is 23.6 Å². The maximum absolute atomic E-state index is 14.1. The second-order valence-electron chi connectivity index (χ2n) is 8.64. The molecule has 1 amide bonds. The van der Waals surface area contributed by atoms with Crippen molar-refractivity contribution >= 4 is 5.91 Å². The van der Waals surface area contributed by atoms with Gasteiger partial charge in [-0.3, -0.25) is 4.79 Å². The van der Waals surface area contributed by atoms with Crippen molar-refractivity contribution in [3.05, 3.63) is 102 Å². The van der Waals surface area contributed by atoms with E-state index in [2.05, 4.69) is 15.0 Å². The molecular formula is C27H26FN5O2. The van der Waals surface area contributed by atoms with E-state index in [1.807, 2.05) is 46.9 Å². The zero-order chi connectivity index (χ0) is 24.2. The zero-order valence-electron chi connectivity index (χ0n) is 19.5. The van der Waals surface area contributed by atoms with Crippen LogP contribution in [-0.2, 0) is 6.54 Å². The summed E-state index contributed by atoms with van der Waals surface area (Å²) in [6, 6.07) is 15.2.